The molecule has 0 fully saturated rings. The van der Waals surface area contributed by atoms with Crippen LogP contribution < -0.4 is 5.32 Å². The van der Waals surface area contributed by atoms with E-state index in [1.165, 1.54) is 0 Å². The summed E-state index contributed by atoms with van der Waals surface area (Å²) in [4.78, 5) is 25.9. The zero-order valence-corrected chi connectivity index (χ0v) is 12.1. The lowest BCUT2D eigenvalue weighted by Crippen LogP contribution is -2.28. The molecular formula is C14H13BrN2O3. The van der Waals surface area contributed by atoms with Crippen LogP contribution in [0.4, 0.5) is 0 Å². The van der Waals surface area contributed by atoms with Crippen LogP contribution in [0.25, 0.3) is 0 Å². The minimum atomic E-state index is -0.564. The number of halogens is 1. The summed E-state index contributed by atoms with van der Waals surface area (Å²) >= 11 is 3.21. The molecule has 2 rings (SSSR count). The highest BCUT2D eigenvalue weighted by atomic mass is 79.9. The molecule has 0 bridgehead atoms. The van der Waals surface area contributed by atoms with Gasteiger partial charge in [-0.3, -0.25) is 4.79 Å². The van der Waals surface area contributed by atoms with Crippen molar-refractivity contribution < 1.29 is 14.3 Å². The van der Waals surface area contributed by atoms with Gasteiger partial charge in [-0.05, 0) is 27.6 Å². The number of benzene rings is 1. The van der Waals surface area contributed by atoms with Gasteiger partial charge in [0.1, 0.15) is 5.69 Å². The van der Waals surface area contributed by atoms with Crippen LogP contribution in [0.2, 0.25) is 0 Å². The lowest BCUT2D eigenvalue weighted by atomic mass is 10.2. The van der Waals surface area contributed by atoms with Crippen molar-refractivity contribution in [2.75, 3.05) is 6.61 Å². The van der Waals surface area contributed by atoms with E-state index in [1.54, 1.807) is 12.3 Å². The molecule has 104 valence electrons. The topological polar surface area (TPSA) is 71.2 Å². The molecule has 1 aromatic heterocycles. The second-order valence-electron chi connectivity index (χ2n) is 4.07. The second-order valence-corrected chi connectivity index (χ2v) is 4.99. The summed E-state index contributed by atoms with van der Waals surface area (Å²) in [5.41, 5.74) is 1.29. The highest BCUT2D eigenvalue weighted by Crippen LogP contribution is 2.11. The van der Waals surface area contributed by atoms with Crippen molar-refractivity contribution in [1.29, 1.82) is 0 Å². The van der Waals surface area contributed by atoms with Crippen molar-refractivity contribution in [3.8, 4) is 0 Å². The van der Waals surface area contributed by atoms with Crippen LogP contribution in [0.15, 0.2) is 47.1 Å². The maximum absolute atomic E-state index is 11.6. The highest BCUT2D eigenvalue weighted by Gasteiger charge is 2.11. The molecule has 0 saturated heterocycles. The zero-order valence-electron chi connectivity index (χ0n) is 10.6. The number of hydrogen-bond donors (Lipinski definition) is 2. The predicted octanol–water partition coefficient (Wildman–Crippen LogP) is 2.25. The Morgan fingerprint density at radius 3 is 2.65 bits per heavy atom. The van der Waals surface area contributed by atoms with E-state index in [1.807, 2.05) is 30.3 Å². The minimum absolute atomic E-state index is 0.299. The smallest absolute Gasteiger partial charge is 0.355 e. The van der Waals surface area contributed by atoms with Crippen LogP contribution >= 0.6 is 15.9 Å². The number of H-pyrrole nitrogens is 1. The quantitative estimate of drug-likeness (QED) is 0.822. The van der Waals surface area contributed by atoms with Gasteiger partial charge in [0.15, 0.2) is 6.61 Å². The van der Waals surface area contributed by atoms with Crippen LogP contribution in [0.1, 0.15) is 16.1 Å². The fraction of sp³-hybridized carbons (Fsp3) is 0.143. The van der Waals surface area contributed by atoms with Gasteiger partial charge in [0, 0.05) is 17.2 Å². The summed E-state index contributed by atoms with van der Waals surface area (Å²) in [5, 5.41) is 2.68. The standard InChI is InChI=1S/C14H13BrN2O3/c15-11-6-12(16-8-11)14(19)20-9-13(18)17-7-10-4-2-1-3-5-10/h1-6,8,16H,7,9H2,(H,17,18). The lowest BCUT2D eigenvalue weighted by Gasteiger charge is -2.06. The molecule has 6 heteroatoms. The van der Waals surface area contributed by atoms with E-state index in [4.69, 9.17) is 4.74 Å². The van der Waals surface area contributed by atoms with E-state index >= 15 is 0 Å². The molecule has 1 aromatic carbocycles. The van der Waals surface area contributed by atoms with Gasteiger partial charge in [-0.1, -0.05) is 30.3 Å². The van der Waals surface area contributed by atoms with Crippen LogP contribution in [0, 0.1) is 0 Å². The Bertz CT molecular complexity index is 595. The molecule has 1 amide bonds. The molecule has 0 saturated carbocycles. The van der Waals surface area contributed by atoms with Crippen molar-refractivity contribution in [3.63, 3.8) is 0 Å². The van der Waals surface area contributed by atoms with E-state index in [0.717, 1.165) is 10.0 Å². The van der Waals surface area contributed by atoms with Crippen molar-refractivity contribution in [1.82, 2.24) is 10.3 Å². The van der Waals surface area contributed by atoms with Gasteiger partial charge in [-0.2, -0.15) is 0 Å². The first-order valence-electron chi connectivity index (χ1n) is 5.97. The normalized spacial score (nSPS) is 10.1. The number of ether oxygens (including phenoxy) is 1. The van der Waals surface area contributed by atoms with E-state index in [9.17, 15) is 9.59 Å². The van der Waals surface area contributed by atoms with Gasteiger partial charge in [0.25, 0.3) is 5.91 Å². The first-order valence-corrected chi connectivity index (χ1v) is 6.76. The van der Waals surface area contributed by atoms with E-state index in [0.29, 0.717) is 12.2 Å². The molecule has 0 atom stereocenters. The fourth-order valence-corrected chi connectivity index (χ4v) is 1.89. The molecular weight excluding hydrogens is 324 g/mol. The second kappa shape index (κ2) is 6.91. The number of aromatic amines is 1. The number of hydrogen-bond acceptors (Lipinski definition) is 3. The molecule has 0 spiro atoms. The number of esters is 1. The first kappa shape index (κ1) is 14.3. The van der Waals surface area contributed by atoms with Crippen molar-refractivity contribution >= 4 is 27.8 Å². The maximum Gasteiger partial charge on any atom is 0.355 e. The summed E-state index contributed by atoms with van der Waals surface area (Å²) in [6, 6.07) is 11.1. The summed E-state index contributed by atoms with van der Waals surface area (Å²) in [7, 11) is 0. The van der Waals surface area contributed by atoms with Crippen molar-refractivity contribution in [2.45, 2.75) is 6.54 Å². The number of nitrogens with one attached hydrogen (secondary N) is 2. The van der Waals surface area contributed by atoms with E-state index in [2.05, 4.69) is 26.2 Å². The molecule has 0 aliphatic carbocycles. The third kappa shape index (κ3) is 4.24. The zero-order chi connectivity index (χ0) is 14.4. The lowest BCUT2D eigenvalue weighted by molar-refractivity contribution is -0.124. The van der Waals surface area contributed by atoms with Gasteiger partial charge >= 0.3 is 5.97 Å². The Morgan fingerprint density at radius 1 is 1.25 bits per heavy atom. The Balaban J connectivity index is 1.74. The van der Waals surface area contributed by atoms with Crippen LogP contribution in [0.3, 0.4) is 0 Å². The van der Waals surface area contributed by atoms with Gasteiger partial charge in [0.05, 0.1) is 0 Å². The van der Waals surface area contributed by atoms with Crippen molar-refractivity contribution in [3.05, 3.63) is 58.3 Å². The predicted molar refractivity (Wildman–Crippen MR) is 77.1 cm³/mol. The van der Waals surface area contributed by atoms with E-state index in [-0.39, 0.29) is 12.5 Å². The van der Waals surface area contributed by atoms with Crippen LogP contribution in [-0.4, -0.2) is 23.5 Å². The van der Waals surface area contributed by atoms with Crippen LogP contribution in [0.5, 0.6) is 0 Å². The van der Waals surface area contributed by atoms with Gasteiger partial charge in [-0.15, -0.1) is 0 Å². The Kier molecular flexibility index (Phi) is 4.95. The maximum atomic E-state index is 11.6. The summed E-state index contributed by atoms with van der Waals surface area (Å²) in [5.74, 6) is -0.904. The Hall–Kier alpha value is -2.08. The average molecular weight is 337 g/mol. The molecule has 0 aliphatic heterocycles. The summed E-state index contributed by atoms with van der Waals surface area (Å²) < 4.78 is 5.64. The number of amides is 1. The fourth-order valence-electron chi connectivity index (χ4n) is 1.54. The third-order valence-corrected chi connectivity index (χ3v) is 2.99. The average Bonchev–Trinajstić information content (AvgIpc) is 2.90. The van der Waals surface area contributed by atoms with Gasteiger partial charge < -0.3 is 15.0 Å². The SMILES string of the molecule is O=C(COC(=O)c1cc(Br)c[nH]1)NCc1ccccc1. The van der Waals surface area contributed by atoms with Gasteiger partial charge in [-0.25, -0.2) is 4.79 Å². The molecule has 5 nitrogen and oxygen atoms in total. The number of rotatable bonds is 5. The number of carbonyl (C=O) groups excluding carboxylic acids is 2. The molecule has 2 N–H and O–H groups in total. The summed E-state index contributed by atoms with van der Waals surface area (Å²) in [6.07, 6.45) is 1.62. The highest BCUT2D eigenvalue weighted by molar-refractivity contribution is 9.10. The van der Waals surface area contributed by atoms with E-state index < -0.39 is 5.97 Å². The Morgan fingerprint density at radius 2 is 2.00 bits per heavy atom. The third-order valence-electron chi connectivity index (χ3n) is 2.53. The van der Waals surface area contributed by atoms with Crippen molar-refractivity contribution in [2.24, 2.45) is 0 Å². The molecule has 0 aliphatic rings. The largest absolute Gasteiger partial charge is 0.451 e. The molecule has 0 radical (unpaired) electrons. The van der Waals surface area contributed by atoms with Crippen LogP contribution in [-0.2, 0) is 16.1 Å². The molecule has 2 aromatic rings. The number of aromatic nitrogens is 1. The monoisotopic (exact) mass is 336 g/mol. The minimum Gasteiger partial charge on any atom is -0.451 e. The first-order chi connectivity index (χ1) is 9.65. The molecule has 20 heavy (non-hydrogen) atoms. The molecule has 0 unspecified atom stereocenters. The Labute approximate surface area is 124 Å². The van der Waals surface area contributed by atoms with Gasteiger partial charge in [0.2, 0.25) is 0 Å². The molecule has 1 heterocycles. The summed E-state index contributed by atoms with van der Waals surface area (Å²) in [6.45, 7) is 0.105. The number of carbonyl (C=O) groups is 2.